The van der Waals surface area contributed by atoms with Gasteiger partial charge < -0.3 is 52.7 Å². The van der Waals surface area contributed by atoms with Crippen molar-refractivity contribution in [3.63, 3.8) is 0 Å². The maximum Gasteiger partial charge on any atom is 0.338 e. The molecule has 0 unspecified atom stereocenters. The lowest BCUT2D eigenvalue weighted by atomic mass is 10.2. The van der Waals surface area contributed by atoms with Gasteiger partial charge in [0.1, 0.15) is 13.3 Å². The maximum atomic E-state index is 12.1. The van der Waals surface area contributed by atoms with Gasteiger partial charge in [-0.15, -0.1) is 0 Å². The highest BCUT2D eigenvalue weighted by Gasteiger charge is 2.06. The van der Waals surface area contributed by atoms with Gasteiger partial charge >= 0.3 is 5.97 Å². The van der Waals surface area contributed by atoms with Crippen LogP contribution in [0.15, 0.2) is 24.3 Å². The molecule has 1 aromatic carbocycles. The SMILES string of the molecule is CCCCNc1ccc(C(=O)OCCOCCOCCOCCOCCOCCOCCOCCOCCOCCF)cc1. The van der Waals surface area contributed by atoms with Crippen LogP contribution in [0.4, 0.5) is 10.1 Å². The molecular formula is C31H54FNO11. The van der Waals surface area contributed by atoms with Crippen LogP contribution in [-0.4, -0.2) is 145 Å². The molecule has 0 heterocycles. The van der Waals surface area contributed by atoms with E-state index in [0.717, 1.165) is 25.1 Å². The summed E-state index contributed by atoms with van der Waals surface area (Å²) in [5.74, 6) is -0.364. The van der Waals surface area contributed by atoms with E-state index in [-0.39, 0.29) is 19.2 Å². The largest absolute Gasteiger partial charge is 0.460 e. The van der Waals surface area contributed by atoms with E-state index in [9.17, 15) is 9.18 Å². The number of hydrogen-bond donors (Lipinski definition) is 1. The van der Waals surface area contributed by atoms with E-state index >= 15 is 0 Å². The normalized spacial score (nSPS) is 11.2. The van der Waals surface area contributed by atoms with Crippen molar-refractivity contribution in [2.45, 2.75) is 19.8 Å². The van der Waals surface area contributed by atoms with Gasteiger partial charge in [0.15, 0.2) is 0 Å². The van der Waals surface area contributed by atoms with E-state index in [2.05, 4.69) is 12.2 Å². The van der Waals surface area contributed by atoms with Crippen molar-refractivity contribution >= 4 is 11.7 Å². The number of nitrogens with one attached hydrogen (secondary N) is 1. The van der Waals surface area contributed by atoms with Gasteiger partial charge in [-0.25, -0.2) is 9.18 Å². The fourth-order valence-corrected chi connectivity index (χ4v) is 3.33. The van der Waals surface area contributed by atoms with Gasteiger partial charge in [-0.2, -0.15) is 0 Å². The third kappa shape index (κ3) is 26.5. The summed E-state index contributed by atoms with van der Waals surface area (Å²) in [6.07, 6.45) is 2.24. The summed E-state index contributed by atoms with van der Waals surface area (Å²) in [7, 11) is 0. The Bertz CT molecular complexity index is 746. The number of carbonyl (C=O) groups excluding carboxylic acids is 1. The fraction of sp³-hybridized carbons (Fsp3) is 0.774. The number of unbranched alkanes of at least 4 members (excludes halogenated alkanes) is 1. The highest BCUT2D eigenvalue weighted by atomic mass is 19.1. The van der Waals surface area contributed by atoms with Crippen LogP contribution in [0, 0.1) is 0 Å². The second kappa shape index (κ2) is 32.5. The Labute approximate surface area is 262 Å². The van der Waals surface area contributed by atoms with Crippen molar-refractivity contribution in [3.8, 4) is 0 Å². The minimum Gasteiger partial charge on any atom is -0.460 e. The van der Waals surface area contributed by atoms with Crippen molar-refractivity contribution in [1.82, 2.24) is 0 Å². The van der Waals surface area contributed by atoms with Crippen LogP contribution in [-0.2, 0) is 47.4 Å². The molecule has 0 aliphatic heterocycles. The molecule has 1 rings (SSSR count). The number of carbonyl (C=O) groups is 1. The fourth-order valence-electron chi connectivity index (χ4n) is 3.33. The monoisotopic (exact) mass is 635 g/mol. The molecular weight excluding hydrogens is 581 g/mol. The number of ether oxygens (including phenoxy) is 10. The molecule has 0 atom stereocenters. The molecule has 0 fully saturated rings. The first-order valence-electron chi connectivity index (χ1n) is 15.5. The summed E-state index contributed by atoms with van der Waals surface area (Å²) in [5.41, 5.74) is 1.51. The Morgan fingerprint density at radius 2 is 0.886 bits per heavy atom. The van der Waals surface area contributed by atoms with E-state index in [1.54, 1.807) is 12.1 Å². The molecule has 0 saturated carbocycles. The second-order valence-electron chi connectivity index (χ2n) is 9.19. The van der Waals surface area contributed by atoms with Crippen LogP contribution >= 0.6 is 0 Å². The third-order valence-electron chi connectivity index (χ3n) is 5.64. The molecule has 0 aromatic heterocycles. The highest BCUT2D eigenvalue weighted by molar-refractivity contribution is 5.89. The first kappa shape index (κ1) is 40.1. The molecule has 0 radical (unpaired) electrons. The molecule has 0 aliphatic carbocycles. The predicted octanol–water partition coefficient (Wildman–Crippen LogP) is 3.17. The smallest absolute Gasteiger partial charge is 0.338 e. The lowest BCUT2D eigenvalue weighted by Crippen LogP contribution is -2.15. The van der Waals surface area contributed by atoms with Crippen molar-refractivity contribution in [2.75, 3.05) is 144 Å². The third-order valence-corrected chi connectivity index (χ3v) is 5.64. The molecule has 0 amide bonds. The first-order chi connectivity index (χ1) is 21.8. The standard InChI is InChI=1S/C31H54FNO11/c1-2-3-9-33-30-6-4-29(5-7-30)31(34)44-28-27-43-26-25-42-24-23-41-22-21-40-20-19-39-18-17-38-16-15-37-14-13-36-12-11-35-10-8-32/h4-7,33H,2-3,8-28H2,1H3. The number of halogens is 1. The van der Waals surface area contributed by atoms with E-state index in [1.807, 2.05) is 12.1 Å². The number of rotatable bonds is 34. The van der Waals surface area contributed by atoms with Gasteiger partial charge in [0.25, 0.3) is 0 Å². The Kier molecular flexibility index (Phi) is 29.6. The van der Waals surface area contributed by atoms with Crippen molar-refractivity contribution < 1.29 is 56.6 Å². The summed E-state index contributed by atoms with van der Waals surface area (Å²) in [6.45, 7) is 10.6. The molecule has 0 spiro atoms. The summed E-state index contributed by atoms with van der Waals surface area (Å²) < 4.78 is 65.3. The molecule has 12 nitrogen and oxygen atoms in total. The van der Waals surface area contributed by atoms with Gasteiger partial charge in [-0.05, 0) is 30.7 Å². The topological polar surface area (TPSA) is 121 Å². The Hall–Kier alpha value is -1.94. The molecule has 256 valence electrons. The van der Waals surface area contributed by atoms with Gasteiger partial charge in [0, 0.05) is 12.2 Å². The van der Waals surface area contributed by atoms with E-state index in [0.29, 0.717) is 118 Å². The zero-order chi connectivity index (χ0) is 31.6. The van der Waals surface area contributed by atoms with Crippen LogP contribution in [0.1, 0.15) is 30.1 Å². The lowest BCUT2D eigenvalue weighted by molar-refractivity contribution is -0.0260. The van der Waals surface area contributed by atoms with Gasteiger partial charge in [-0.3, -0.25) is 0 Å². The zero-order valence-corrected chi connectivity index (χ0v) is 26.4. The summed E-state index contributed by atoms with van der Waals surface area (Å²) >= 11 is 0. The van der Waals surface area contributed by atoms with Gasteiger partial charge in [-0.1, -0.05) is 13.3 Å². The Morgan fingerprint density at radius 3 is 1.23 bits per heavy atom. The quantitative estimate of drug-likeness (QED) is 0.0885. The second-order valence-corrected chi connectivity index (χ2v) is 9.19. The van der Waals surface area contributed by atoms with Crippen LogP contribution < -0.4 is 5.32 Å². The van der Waals surface area contributed by atoms with E-state index < -0.39 is 6.67 Å². The van der Waals surface area contributed by atoms with Crippen molar-refractivity contribution in [1.29, 1.82) is 0 Å². The number of anilines is 1. The minimum atomic E-state index is -0.478. The van der Waals surface area contributed by atoms with Crippen LogP contribution in [0.25, 0.3) is 0 Å². The van der Waals surface area contributed by atoms with E-state index in [4.69, 9.17) is 47.4 Å². The minimum absolute atomic E-state index is 0.109. The predicted molar refractivity (Wildman–Crippen MR) is 163 cm³/mol. The molecule has 1 aromatic rings. The number of hydrogen-bond acceptors (Lipinski definition) is 12. The number of esters is 1. The zero-order valence-electron chi connectivity index (χ0n) is 26.4. The first-order valence-corrected chi connectivity index (χ1v) is 15.5. The molecule has 0 aliphatic rings. The van der Waals surface area contributed by atoms with Crippen LogP contribution in [0.5, 0.6) is 0 Å². The van der Waals surface area contributed by atoms with Crippen LogP contribution in [0.2, 0.25) is 0 Å². The number of benzene rings is 1. The Balaban J connectivity index is 1.72. The van der Waals surface area contributed by atoms with Crippen LogP contribution in [0.3, 0.4) is 0 Å². The summed E-state index contributed by atoms with van der Waals surface area (Å²) in [6, 6.07) is 7.28. The van der Waals surface area contributed by atoms with E-state index in [1.165, 1.54) is 0 Å². The molecule has 44 heavy (non-hydrogen) atoms. The average molecular weight is 636 g/mol. The van der Waals surface area contributed by atoms with Crippen molar-refractivity contribution in [2.24, 2.45) is 0 Å². The molecule has 1 N–H and O–H groups in total. The molecule has 13 heteroatoms. The summed E-state index contributed by atoms with van der Waals surface area (Å²) in [5, 5.41) is 3.31. The lowest BCUT2D eigenvalue weighted by Gasteiger charge is -2.09. The molecule has 0 bridgehead atoms. The summed E-state index contributed by atoms with van der Waals surface area (Å²) in [4.78, 5) is 12.1. The number of alkyl halides is 1. The van der Waals surface area contributed by atoms with Gasteiger partial charge in [0.05, 0.1) is 124 Å². The maximum absolute atomic E-state index is 12.1. The Morgan fingerprint density at radius 1 is 0.545 bits per heavy atom. The average Bonchev–Trinajstić information content (AvgIpc) is 3.04. The highest BCUT2D eigenvalue weighted by Crippen LogP contribution is 2.10. The van der Waals surface area contributed by atoms with Gasteiger partial charge in [0.2, 0.25) is 0 Å². The molecule has 0 saturated heterocycles. The van der Waals surface area contributed by atoms with Crippen molar-refractivity contribution in [3.05, 3.63) is 29.8 Å².